The summed E-state index contributed by atoms with van der Waals surface area (Å²) < 4.78 is 0. The zero-order valence-electron chi connectivity index (χ0n) is 12.7. The van der Waals surface area contributed by atoms with Crippen LogP contribution in [0.2, 0.25) is 0 Å². The molecule has 120 valence electrons. The van der Waals surface area contributed by atoms with E-state index in [0.717, 1.165) is 6.42 Å². The van der Waals surface area contributed by atoms with E-state index in [1.165, 1.54) is 0 Å². The summed E-state index contributed by atoms with van der Waals surface area (Å²) in [5.74, 6) is -0.585. The first kappa shape index (κ1) is 17.3. The van der Waals surface area contributed by atoms with Crippen LogP contribution in [-0.2, 0) is 9.59 Å². The van der Waals surface area contributed by atoms with Gasteiger partial charge in [0.15, 0.2) is 0 Å². The van der Waals surface area contributed by atoms with E-state index in [2.05, 4.69) is 10.6 Å². The van der Waals surface area contributed by atoms with Crippen LogP contribution in [0, 0.1) is 11.8 Å². The first-order valence-electron chi connectivity index (χ1n) is 7.39. The standard InChI is InChI=1S/C14H25N3O4/c1-10(2)7-11(8-13(19)20)9-16-14(21)17-5-3-12(18)15-4-6-17/h10-11H,3-9H2,1-2H3,(H,15,18)(H,16,21)(H,19,20). The van der Waals surface area contributed by atoms with Crippen molar-refractivity contribution in [3.63, 3.8) is 0 Å². The maximum atomic E-state index is 12.1. The number of urea groups is 1. The predicted molar refractivity (Wildman–Crippen MR) is 77.8 cm³/mol. The molecule has 1 heterocycles. The summed E-state index contributed by atoms with van der Waals surface area (Å²) in [5.41, 5.74) is 0. The minimum absolute atomic E-state index is 0.0474. The number of amides is 3. The second-order valence-electron chi connectivity index (χ2n) is 5.87. The first-order valence-corrected chi connectivity index (χ1v) is 7.39. The van der Waals surface area contributed by atoms with Crippen molar-refractivity contribution >= 4 is 17.9 Å². The van der Waals surface area contributed by atoms with Gasteiger partial charge >= 0.3 is 12.0 Å². The highest BCUT2D eigenvalue weighted by Gasteiger charge is 2.20. The van der Waals surface area contributed by atoms with E-state index in [4.69, 9.17) is 5.11 Å². The molecule has 1 aliphatic rings. The Morgan fingerprint density at radius 1 is 1.38 bits per heavy atom. The third-order valence-corrected chi connectivity index (χ3v) is 3.41. The Bertz CT molecular complexity index is 384. The van der Waals surface area contributed by atoms with Gasteiger partial charge in [-0.3, -0.25) is 9.59 Å². The molecule has 1 saturated heterocycles. The van der Waals surface area contributed by atoms with E-state index in [9.17, 15) is 14.4 Å². The summed E-state index contributed by atoms with van der Waals surface area (Å²) in [4.78, 5) is 35.7. The van der Waals surface area contributed by atoms with Gasteiger partial charge in [0, 0.05) is 39.0 Å². The van der Waals surface area contributed by atoms with Crippen molar-refractivity contribution in [1.82, 2.24) is 15.5 Å². The van der Waals surface area contributed by atoms with Gasteiger partial charge in [0.1, 0.15) is 0 Å². The van der Waals surface area contributed by atoms with Gasteiger partial charge in [-0.05, 0) is 18.3 Å². The molecule has 0 aromatic rings. The third kappa shape index (κ3) is 6.97. The van der Waals surface area contributed by atoms with Gasteiger partial charge in [-0.15, -0.1) is 0 Å². The molecule has 0 spiro atoms. The Labute approximate surface area is 125 Å². The van der Waals surface area contributed by atoms with Crippen molar-refractivity contribution in [3.8, 4) is 0 Å². The van der Waals surface area contributed by atoms with Crippen LogP contribution in [0.4, 0.5) is 4.79 Å². The number of hydrogen-bond donors (Lipinski definition) is 3. The zero-order chi connectivity index (χ0) is 15.8. The van der Waals surface area contributed by atoms with Gasteiger partial charge < -0.3 is 20.6 Å². The van der Waals surface area contributed by atoms with E-state index in [0.29, 0.717) is 38.5 Å². The van der Waals surface area contributed by atoms with E-state index in [1.54, 1.807) is 4.90 Å². The molecule has 7 heteroatoms. The maximum absolute atomic E-state index is 12.1. The molecule has 0 bridgehead atoms. The van der Waals surface area contributed by atoms with Crippen LogP contribution >= 0.6 is 0 Å². The Morgan fingerprint density at radius 2 is 2.10 bits per heavy atom. The van der Waals surface area contributed by atoms with Crippen LogP contribution < -0.4 is 10.6 Å². The smallest absolute Gasteiger partial charge is 0.317 e. The van der Waals surface area contributed by atoms with Crippen molar-refractivity contribution < 1.29 is 19.5 Å². The number of aliphatic carboxylic acids is 1. The van der Waals surface area contributed by atoms with Gasteiger partial charge in [-0.25, -0.2) is 4.79 Å². The van der Waals surface area contributed by atoms with Gasteiger partial charge in [-0.1, -0.05) is 13.8 Å². The maximum Gasteiger partial charge on any atom is 0.317 e. The number of nitrogens with zero attached hydrogens (tertiary/aromatic N) is 1. The van der Waals surface area contributed by atoms with Crippen molar-refractivity contribution in [2.75, 3.05) is 26.2 Å². The normalized spacial score (nSPS) is 17.1. The summed E-state index contributed by atoms with van der Waals surface area (Å²) in [7, 11) is 0. The molecule has 1 rings (SSSR count). The number of hydrogen-bond acceptors (Lipinski definition) is 3. The minimum Gasteiger partial charge on any atom is -0.481 e. The van der Waals surface area contributed by atoms with E-state index in [1.807, 2.05) is 13.8 Å². The average Bonchev–Trinajstić information content (AvgIpc) is 2.59. The van der Waals surface area contributed by atoms with Crippen LogP contribution in [0.5, 0.6) is 0 Å². The number of nitrogens with one attached hydrogen (secondary N) is 2. The summed E-state index contributed by atoms with van der Waals surface area (Å²) in [6, 6.07) is -0.231. The molecule has 0 aromatic heterocycles. The predicted octanol–water partition coefficient (Wildman–Crippen LogP) is 0.655. The van der Waals surface area contributed by atoms with Gasteiger partial charge in [0.25, 0.3) is 0 Å². The molecule has 1 aliphatic heterocycles. The number of carbonyl (C=O) groups excluding carboxylic acids is 2. The summed E-state index contributed by atoms with van der Waals surface area (Å²) in [6.07, 6.45) is 1.11. The fraction of sp³-hybridized carbons (Fsp3) is 0.786. The first-order chi connectivity index (χ1) is 9.88. The lowest BCUT2D eigenvalue weighted by molar-refractivity contribution is -0.138. The monoisotopic (exact) mass is 299 g/mol. The quantitative estimate of drug-likeness (QED) is 0.671. The Morgan fingerprint density at radius 3 is 2.71 bits per heavy atom. The summed E-state index contributed by atoms with van der Waals surface area (Å²) in [6.45, 7) is 5.74. The SMILES string of the molecule is CC(C)CC(CNC(=O)N1CCNC(=O)CC1)CC(=O)O. The van der Waals surface area contributed by atoms with Gasteiger partial charge in [-0.2, -0.15) is 0 Å². The van der Waals surface area contributed by atoms with E-state index >= 15 is 0 Å². The molecule has 1 fully saturated rings. The average molecular weight is 299 g/mol. The summed E-state index contributed by atoms with van der Waals surface area (Å²) in [5, 5.41) is 14.4. The topological polar surface area (TPSA) is 98.7 Å². The van der Waals surface area contributed by atoms with Crippen LogP contribution in [0.1, 0.15) is 33.1 Å². The fourth-order valence-electron chi connectivity index (χ4n) is 2.47. The van der Waals surface area contributed by atoms with Crippen LogP contribution in [0.3, 0.4) is 0 Å². The van der Waals surface area contributed by atoms with Gasteiger partial charge in [0.05, 0.1) is 0 Å². The molecule has 0 radical (unpaired) electrons. The second-order valence-corrected chi connectivity index (χ2v) is 5.87. The molecule has 3 N–H and O–H groups in total. The number of carboxylic acids is 1. The lowest BCUT2D eigenvalue weighted by atomic mass is 9.94. The molecular weight excluding hydrogens is 274 g/mol. The second kappa shape index (κ2) is 8.49. The molecular formula is C14H25N3O4. The molecule has 21 heavy (non-hydrogen) atoms. The number of carbonyl (C=O) groups is 3. The minimum atomic E-state index is -0.848. The van der Waals surface area contributed by atoms with Crippen LogP contribution in [0.15, 0.2) is 0 Å². The van der Waals surface area contributed by atoms with Crippen LogP contribution in [0.25, 0.3) is 0 Å². The zero-order valence-corrected chi connectivity index (χ0v) is 12.7. The molecule has 3 amide bonds. The molecule has 1 unspecified atom stereocenters. The van der Waals surface area contributed by atoms with Crippen LogP contribution in [-0.4, -0.2) is 54.1 Å². The third-order valence-electron chi connectivity index (χ3n) is 3.41. The van der Waals surface area contributed by atoms with Crippen molar-refractivity contribution in [3.05, 3.63) is 0 Å². The Hall–Kier alpha value is -1.79. The fourth-order valence-corrected chi connectivity index (χ4v) is 2.47. The Kier molecular flexibility index (Phi) is 6.98. The van der Waals surface area contributed by atoms with Crippen molar-refractivity contribution in [2.24, 2.45) is 11.8 Å². The molecule has 1 atom stereocenters. The molecule has 7 nitrogen and oxygen atoms in total. The van der Waals surface area contributed by atoms with Gasteiger partial charge in [0.2, 0.25) is 5.91 Å². The van der Waals surface area contributed by atoms with E-state index in [-0.39, 0.29) is 24.3 Å². The van der Waals surface area contributed by atoms with E-state index < -0.39 is 5.97 Å². The lowest BCUT2D eigenvalue weighted by Gasteiger charge is -2.23. The largest absolute Gasteiger partial charge is 0.481 e. The lowest BCUT2D eigenvalue weighted by Crippen LogP contribution is -2.43. The van der Waals surface area contributed by atoms with Crippen molar-refractivity contribution in [1.29, 1.82) is 0 Å². The molecule has 0 aromatic carbocycles. The number of carboxylic acid groups (broad SMARTS) is 1. The summed E-state index contributed by atoms with van der Waals surface area (Å²) >= 11 is 0. The Balaban J connectivity index is 2.44. The number of rotatable bonds is 6. The van der Waals surface area contributed by atoms with Crippen molar-refractivity contribution in [2.45, 2.75) is 33.1 Å². The highest BCUT2D eigenvalue weighted by Crippen LogP contribution is 2.14. The highest BCUT2D eigenvalue weighted by molar-refractivity contribution is 5.79. The molecule has 0 aliphatic carbocycles. The highest BCUT2D eigenvalue weighted by atomic mass is 16.4. The molecule has 0 saturated carbocycles.